The Morgan fingerprint density at radius 3 is 1.43 bits per heavy atom. The average Bonchev–Trinajstić information content (AvgIpc) is 3.68. The number of fused-ring (bicyclic) bond motifs is 3. The third kappa shape index (κ3) is 3.39. The molecule has 170 valence electrons. The predicted octanol–water partition coefficient (Wildman–Crippen LogP) is 6.62. The van der Waals surface area contributed by atoms with Crippen molar-refractivity contribution in [2.24, 2.45) is 9.98 Å². The van der Waals surface area contributed by atoms with Gasteiger partial charge in [-0.15, -0.1) is 0 Å². The Labute approximate surface area is 202 Å². The van der Waals surface area contributed by atoms with Gasteiger partial charge in [-0.2, -0.15) is 0 Å². The van der Waals surface area contributed by atoms with Crippen molar-refractivity contribution >= 4 is 33.7 Å². The number of hydrogen-bond acceptors (Lipinski definition) is 5. The quantitative estimate of drug-likeness (QED) is 0.304. The monoisotopic (exact) mass is 458 g/mol. The third-order valence-electron chi connectivity index (χ3n) is 6.66. The van der Waals surface area contributed by atoms with E-state index in [9.17, 15) is 0 Å². The standard InChI is InChI=1S/C30H22N2O3/c1-3-9-19(10-4-1)25-17-33-29(31-25)23-15-7-13-21-22-14-8-16-24(28(22)35-27(21)23)30-32-26(18-34-30)20-11-5-2-6-12-20/h1-16,25-26H,17-18H2. The molecule has 1 aromatic heterocycles. The van der Waals surface area contributed by atoms with Gasteiger partial charge in [0.25, 0.3) is 0 Å². The summed E-state index contributed by atoms with van der Waals surface area (Å²) in [5.74, 6) is 1.23. The normalized spacial score (nSPS) is 19.4. The van der Waals surface area contributed by atoms with E-state index in [-0.39, 0.29) is 12.1 Å². The second kappa shape index (κ2) is 8.13. The van der Waals surface area contributed by atoms with Gasteiger partial charge >= 0.3 is 0 Å². The highest BCUT2D eigenvalue weighted by molar-refractivity contribution is 6.17. The lowest BCUT2D eigenvalue weighted by Crippen LogP contribution is -2.02. The van der Waals surface area contributed by atoms with E-state index < -0.39 is 0 Å². The zero-order valence-electron chi connectivity index (χ0n) is 18.9. The van der Waals surface area contributed by atoms with Crippen molar-refractivity contribution in [1.29, 1.82) is 0 Å². The third-order valence-corrected chi connectivity index (χ3v) is 6.66. The molecule has 7 rings (SSSR count). The Bertz CT molecular complexity index is 1480. The first kappa shape index (κ1) is 20.0. The Hall–Kier alpha value is -4.38. The summed E-state index contributed by atoms with van der Waals surface area (Å²) in [6.45, 7) is 1.04. The van der Waals surface area contributed by atoms with Crippen LogP contribution in [0.5, 0.6) is 0 Å². The van der Waals surface area contributed by atoms with Crippen LogP contribution in [0.25, 0.3) is 21.9 Å². The fourth-order valence-corrected chi connectivity index (χ4v) is 4.89. The van der Waals surface area contributed by atoms with Crippen molar-refractivity contribution in [3.8, 4) is 0 Å². The highest BCUT2D eigenvalue weighted by atomic mass is 16.5. The molecule has 0 bridgehead atoms. The van der Waals surface area contributed by atoms with Crippen LogP contribution in [0.15, 0.2) is 111 Å². The van der Waals surface area contributed by atoms with Crippen LogP contribution < -0.4 is 0 Å². The van der Waals surface area contributed by atoms with Crippen molar-refractivity contribution in [3.05, 3.63) is 119 Å². The van der Waals surface area contributed by atoms with E-state index in [1.165, 1.54) is 0 Å². The second-order valence-corrected chi connectivity index (χ2v) is 8.81. The summed E-state index contributed by atoms with van der Waals surface area (Å²) >= 11 is 0. The lowest BCUT2D eigenvalue weighted by Gasteiger charge is -2.03. The van der Waals surface area contributed by atoms with Gasteiger partial charge in [0.1, 0.15) is 36.5 Å². The molecule has 2 aliphatic heterocycles. The Morgan fingerprint density at radius 2 is 0.971 bits per heavy atom. The second-order valence-electron chi connectivity index (χ2n) is 8.81. The van der Waals surface area contributed by atoms with E-state index >= 15 is 0 Å². The summed E-state index contributed by atoms with van der Waals surface area (Å²) in [4.78, 5) is 9.76. The Kier molecular flexibility index (Phi) is 4.65. The van der Waals surface area contributed by atoms with Crippen LogP contribution in [-0.2, 0) is 9.47 Å². The van der Waals surface area contributed by atoms with Crippen LogP contribution in [0.3, 0.4) is 0 Å². The fourth-order valence-electron chi connectivity index (χ4n) is 4.89. The fraction of sp³-hybridized carbons (Fsp3) is 0.133. The molecule has 3 heterocycles. The predicted molar refractivity (Wildman–Crippen MR) is 137 cm³/mol. The average molecular weight is 459 g/mol. The van der Waals surface area contributed by atoms with Gasteiger partial charge in [-0.25, -0.2) is 9.98 Å². The maximum absolute atomic E-state index is 6.50. The summed E-state index contributed by atoms with van der Waals surface area (Å²) < 4.78 is 18.6. The molecule has 5 nitrogen and oxygen atoms in total. The molecule has 0 saturated carbocycles. The van der Waals surface area contributed by atoms with Gasteiger partial charge in [-0.1, -0.05) is 84.9 Å². The molecule has 0 amide bonds. The van der Waals surface area contributed by atoms with Crippen LogP contribution in [0.1, 0.15) is 34.3 Å². The molecule has 0 radical (unpaired) electrons. The first-order chi connectivity index (χ1) is 17.3. The number of ether oxygens (including phenoxy) is 2. The van der Waals surface area contributed by atoms with Crippen LogP contribution in [0.2, 0.25) is 0 Å². The molecular weight excluding hydrogens is 436 g/mol. The maximum Gasteiger partial charge on any atom is 0.220 e. The molecule has 0 saturated heterocycles. The van der Waals surface area contributed by atoms with Crippen molar-refractivity contribution in [2.75, 3.05) is 13.2 Å². The Morgan fingerprint density at radius 1 is 0.514 bits per heavy atom. The van der Waals surface area contributed by atoms with Crippen LogP contribution in [0.4, 0.5) is 0 Å². The molecule has 2 atom stereocenters. The number of nitrogens with zero attached hydrogens (tertiary/aromatic N) is 2. The summed E-state index contributed by atoms with van der Waals surface area (Å²) in [5.41, 5.74) is 5.54. The highest BCUT2D eigenvalue weighted by Crippen LogP contribution is 2.36. The van der Waals surface area contributed by atoms with Gasteiger partial charge in [-0.05, 0) is 23.3 Å². The van der Waals surface area contributed by atoms with Gasteiger partial charge < -0.3 is 13.9 Å². The van der Waals surface area contributed by atoms with Crippen molar-refractivity contribution in [3.63, 3.8) is 0 Å². The van der Waals surface area contributed by atoms with E-state index in [2.05, 4.69) is 36.4 Å². The molecule has 5 aromatic rings. The lowest BCUT2D eigenvalue weighted by atomic mass is 10.1. The van der Waals surface area contributed by atoms with Gasteiger partial charge in [0.2, 0.25) is 11.8 Å². The number of aliphatic imine (C=N–C) groups is 2. The number of benzene rings is 4. The molecular formula is C30H22N2O3. The molecule has 0 spiro atoms. The molecule has 4 aromatic carbocycles. The molecule has 5 heteroatoms. The molecule has 2 unspecified atom stereocenters. The minimum Gasteiger partial charge on any atom is -0.475 e. The lowest BCUT2D eigenvalue weighted by molar-refractivity contribution is 0.319. The highest BCUT2D eigenvalue weighted by Gasteiger charge is 2.27. The minimum atomic E-state index is -0.0161. The molecule has 2 aliphatic rings. The molecule has 0 fully saturated rings. The minimum absolute atomic E-state index is 0.0161. The van der Waals surface area contributed by atoms with E-state index in [4.69, 9.17) is 23.9 Å². The molecule has 0 N–H and O–H groups in total. The first-order valence-corrected chi connectivity index (χ1v) is 11.8. The van der Waals surface area contributed by atoms with Crippen LogP contribution in [0, 0.1) is 0 Å². The number of furan rings is 1. The van der Waals surface area contributed by atoms with Gasteiger partial charge in [0, 0.05) is 10.8 Å². The van der Waals surface area contributed by atoms with E-state index in [1.807, 2.05) is 60.7 Å². The number of rotatable bonds is 4. The zero-order valence-corrected chi connectivity index (χ0v) is 18.9. The SMILES string of the molecule is c1ccc(C2COC(c3cccc4c3oc3c(C5=NC(c6ccccc6)CO5)cccc34)=N2)cc1. The smallest absolute Gasteiger partial charge is 0.220 e. The molecule has 0 aliphatic carbocycles. The topological polar surface area (TPSA) is 56.3 Å². The van der Waals surface area contributed by atoms with Crippen LogP contribution >= 0.6 is 0 Å². The van der Waals surface area contributed by atoms with Gasteiger partial charge in [-0.3, -0.25) is 0 Å². The van der Waals surface area contributed by atoms with E-state index in [0.29, 0.717) is 25.0 Å². The summed E-state index contributed by atoms with van der Waals surface area (Å²) in [5, 5.41) is 2.04. The Balaban J connectivity index is 1.31. The van der Waals surface area contributed by atoms with Gasteiger partial charge in [0.05, 0.1) is 11.1 Å². The van der Waals surface area contributed by atoms with Crippen molar-refractivity contribution < 1.29 is 13.9 Å². The van der Waals surface area contributed by atoms with Crippen molar-refractivity contribution in [2.45, 2.75) is 12.1 Å². The molecule has 35 heavy (non-hydrogen) atoms. The maximum atomic E-state index is 6.50. The van der Waals surface area contributed by atoms with Crippen LogP contribution in [-0.4, -0.2) is 25.0 Å². The van der Waals surface area contributed by atoms with E-state index in [0.717, 1.165) is 44.2 Å². The summed E-state index contributed by atoms with van der Waals surface area (Å²) in [7, 11) is 0. The summed E-state index contributed by atoms with van der Waals surface area (Å²) in [6.07, 6.45) is 0. The summed E-state index contributed by atoms with van der Waals surface area (Å²) in [6, 6.07) is 32.6. The van der Waals surface area contributed by atoms with E-state index in [1.54, 1.807) is 0 Å². The zero-order chi connectivity index (χ0) is 23.2. The number of hydrogen-bond donors (Lipinski definition) is 0. The first-order valence-electron chi connectivity index (χ1n) is 11.8. The van der Waals surface area contributed by atoms with Crippen molar-refractivity contribution in [1.82, 2.24) is 0 Å². The largest absolute Gasteiger partial charge is 0.475 e. The van der Waals surface area contributed by atoms with Gasteiger partial charge in [0.15, 0.2) is 0 Å². The number of para-hydroxylation sites is 2.